The van der Waals surface area contributed by atoms with E-state index in [1.165, 1.54) is 0 Å². The monoisotopic (exact) mass is 386 g/mol. The number of amides is 2. The molecule has 2 heterocycles. The number of urea groups is 1. The largest absolute Gasteiger partial charge is 0.497 e. The van der Waals surface area contributed by atoms with Crippen LogP contribution in [0.5, 0.6) is 5.75 Å². The molecule has 1 atom stereocenters. The summed E-state index contributed by atoms with van der Waals surface area (Å²) < 4.78 is 16.2. The maximum atomic E-state index is 12.8. The van der Waals surface area contributed by atoms with E-state index < -0.39 is 0 Å². The van der Waals surface area contributed by atoms with Crippen LogP contribution >= 0.6 is 0 Å². The Hall–Kier alpha value is -2.61. The van der Waals surface area contributed by atoms with Crippen molar-refractivity contribution in [3.63, 3.8) is 0 Å². The Morgan fingerprint density at radius 1 is 1.29 bits per heavy atom. The first-order valence-corrected chi connectivity index (χ1v) is 9.81. The van der Waals surface area contributed by atoms with Gasteiger partial charge < -0.3 is 24.2 Å². The third-order valence-electron chi connectivity index (χ3n) is 5.08. The minimum Gasteiger partial charge on any atom is -0.497 e. The summed E-state index contributed by atoms with van der Waals surface area (Å²) >= 11 is 0. The van der Waals surface area contributed by atoms with E-state index in [1.54, 1.807) is 12.0 Å². The smallest absolute Gasteiger partial charge is 0.318 e. The molecular weight excluding hydrogens is 360 g/mol. The third kappa shape index (κ3) is 4.81. The van der Waals surface area contributed by atoms with Gasteiger partial charge in [0.2, 0.25) is 5.89 Å². The van der Waals surface area contributed by atoms with E-state index in [1.807, 2.05) is 24.3 Å². The summed E-state index contributed by atoms with van der Waals surface area (Å²) in [6, 6.07) is 7.56. The van der Waals surface area contributed by atoms with Gasteiger partial charge in [-0.15, -0.1) is 0 Å². The zero-order valence-corrected chi connectivity index (χ0v) is 16.1. The van der Waals surface area contributed by atoms with Crippen molar-refractivity contribution in [1.29, 1.82) is 0 Å². The highest BCUT2D eigenvalue weighted by atomic mass is 16.5. The van der Waals surface area contributed by atoms with Crippen LogP contribution < -0.4 is 10.1 Å². The average molecular weight is 386 g/mol. The molecule has 1 saturated carbocycles. The van der Waals surface area contributed by atoms with E-state index in [9.17, 15) is 4.79 Å². The quantitative estimate of drug-likeness (QED) is 0.750. The first-order chi connectivity index (χ1) is 13.7. The first kappa shape index (κ1) is 18.7. The van der Waals surface area contributed by atoms with Crippen LogP contribution in [0.15, 0.2) is 28.8 Å². The topological polar surface area (TPSA) is 89.7 Å². The van der Waals surface area contributed by atoms with Crippen molar-refractivity contribution in [3.8, 4) is 5.75 Å². The van der Waals surface area contributed by atoms with E-state index in [0.29, 0.717) is 24.9 Å². The molecule has 0 unspecified atom stereocenters. The summed E-state index contributed by atoms with van der Waals surface area (Å²) in [6.07, 6.45) is 4.31. The van der Waals surface area contributed by atoms with Crippen molar-refractivity contribution in [2.75, 3.05) is 20.3 Å². The van der Waals surface area contributed by atoms with E-state index in [4.69, 9.17) is 14.0 Å². The second-order valence-corrected chi connectivity index (χ2v) is 7.34. The van der Waals surface area contributed by atoms with Gasteiger partial charge in [-0.2, -0.15) is 4.98 Å². The van der Waals surface area contributed by atoms with Crippen LogP contribution in [-0.2, 0) is 17.8 Å². The molecule has 1 aliphatic carbocycles. The van der Waals surface area contributed by atoms with Crippen LogP contribution in [0, 0.1) is 0 Å². The van der Waals surface area contributed by atoms with E-state index >= 15 is 0 Å². The fourth-order valence-corrected chi connectivity index (χ4v) is 3.31. The van der Waals surface area contributed by atoms with Crippen molar-refractivity contribution >= 4 is 6.03 Å². The maximum absolute atomic E-state index is 12.8. The van der Waals surface area contributed by atoms with Gasteiger partial charge in [0.05, 0.1) is 19.8 Å². The molecule has 150 valence electrons. The highest BCUT2D eigenvalue weighted by molar-refractivity contribution is 5.74. The molecule has 0 spiro atoms. The van der Waals surface area contributed by atoms with Gasteiger partial charge in [0.1, 0.15) is 5.75 Å². The van der Waals surface area contributed by atoms with Gasteiger partial charge in [0, 0.05) is 25.6 Å². The molecule has 1 aromatic carbocycles. The molecular formula is C20H26N4O4. The van der Waals surface area contributed by atoms with Crippen molar-refractivity contribution in [2.24, 2.45) is 0 Å². The van der Waals surface area contributed by atoms with Crippen LogP contribution in [0.3, 0.4) is 0 Å². The Bertz CT molecular complexity index is 782. The Morgan fingerprint density at radius 3 is 2.79 bits per heavy atom. The zero-order chi connectivity index (χ0) is 19.3. The summed E-state index contributed by atoms with van der Waals surface area (Å²) in [6.45, 7) is 2.03. The maximum Gasteiger partial charge on any atom is 0.318 e. The number of methoxy groups -OCH3 is 1. The number of nitrogens with zero attached hydrogens (tertiary/aromatic N) is 3. The second-order valence-electron chi connectivity index (χ2n) is 7.34. The molecule has 8 nitrogen and oxygen atoms in total. The normalized spacial score (nSPS) is 18.8. The Kier molecular flexibility index (Phi) is 5.76. The molecule has 0 bridgehead atoms. The Morgan fingerprint density at radius 2 is 2.11 bits per heavy atom. The van der Waals surface area contributed by atoms with Gasteiger partial charge in [0.15, 0.2) is 5.82 Å². The van der Waals surface area contributed by atoms with Crippen LogP contribution in [0.25, 0.3) is 0 Å². The molecule has 8 heteroatoms. The number of benzene rings is 1. The summed E-state index contributed by atoms with van der Waals surface area (Å²) in [5.41, 5.74) is 1.03. The standard InChI is InChI=1S/C20H26N4O4/c1-26-16-8-4-14(5-9-16)12-24(13-17-3-2-10-27-17)20(25)21-11-18-22-19(23-28-18)15-6-7-15/h4-5,8-9,15,17H,2-3,6-7,10-13H2,1H3,(H,21,25)/t17-/m1/s1. The molecule has 1 aliphatic heterocycles. The number of nitrogens with one attached hydrogen (secondary N) is 1. The lowest BCUT2D eigenvalue weighted by molar-refractivity contribution is 0.0792. The number of ether oxygens (including phenoxy) is 2. The average Bonchev–Trinajstić information content (AvgIpc) is 3.24. The van der Waals surface area contributed by atoms with Gasteiger partial charge >= 0.3 is 6.03 Å². The fraction of sp³-hybridized carbons (Fsp3) is 0.550. The third-order valence-corrected chi connectivity index (χ3v) is 5.08. The van der Waals surface area contributed by atoms with Gasteiger partial charge in [-0.3, -0.25) is 0 Å². The molecule has 1 saturated heterocycles. The number of carbonyl (C=O) groups excluding carboxylic acids is 1. The summed E-state index contributed by atoms with van der Waals surface area (Å²) in [5, 5.41) is 6.88. The van der Waals surface area contributed by atoms with E-state index in [0.717, 1.165) is 49.4 Å². The predicted octanol–water partition coefficient (Wildman–Crippen LogP) is 2.85. The van der Waals surface area contributed by atoms with Gasteiger partial charge in [0.25, 0.3) is 0 Å². The highest BCUT2D eigenvalue weighted by Gasteiger charge is 2.29. The lowest BCUT2D eigenvalue weighted by atomic mass is 10.2. The van der Waals surface area contributed by atoms with Gasteiger partial charge in [-0.05, 0) is 43.4 Å². The van der Waals surface area contributed by atoms with Crippen LogP contribution in [0.2, 0.25) is 0 Å². The molecule has 2 fully saturated rings. The summed E-state index contributed by atoms with van der Waals surface area (Å²) in [5.74, 6) is 2.41. The van der Waals surface area contributed by atoms with Crippen molar-refractivity contribution in [1.82, 2.24) is 20.4 Å². The lowest BCUT2D eigenvalue weighted by Gasteiger charge is -2.25. The second kappa shape index (κ2) is 8.60. The van der Waals surface area contributed by atoms with E-state index in [2.05, 4.69) is 15.5 Å². The Labute approximate surface area is 164 Å². The van der Waals surface area contributed by atoms with Crippen LogP contribution in [0.1, 0.15) is 48.9 Å². The lowest BCUT2D eigenvalue weighted by Crippen LogP contribution is -2.43. The molecule has 28 heavy (non-hydrogen) atoms. The number of carbonyl (C=O) groups is 1. The molecule has 0 radical (unpaired) electrons. The van der Waals surface area contributed by atoms with Crippen molar-refractivity contribution in [2.45, 2.75) is 50.8 Å². The van der Waals surface area contributed by atoms with E-state index in [-0.39, 0.29) is 18.7 Å². The van der Waals surface area contributed by atoms with Crippen molar-refractivity contribution in [3.05, 3.63) is 41.5 Å². The minimum absolute atomic E-state index is 0.0777. The number of rotatable bonds is 8. The summed E-state index contributed by atoms with van der Waals surface area (Å²) in [7, 11) is 1.64. The number of aromatic nitrogens is 2. The molecule has 1 aromatic heterocycles. The predicted molar refractivity (Wildman–Crippen MR) is 101 cm³/mol. The van der Waals surface area contributed by atoms with Crippen molar-refractivity contribution < 1.29 is 18.8 Å². The van der Waals surface area contributed by atoms with Gasteiger partial charge in [-0.1, -0.05) is 17.3 Å². The first-order valence-electron chi connectivity index (χ1n) is 9.81. The molecule has 1 N–H and O–H groups in total. The zero-order valence-electron chi connectivity index (χ0n) is 16.1. The molecule has 4 rings (SSSR count). The van der Waals surface area contributed by atoms with Gasteiger partial charge in [-0.25, -0.2) is 4.79 Å². The summed E-state index contributed by atoms with van der Waals surface area (Å²) in [4.78, 5) is 19.0. The molecule has 2 aliphatic rings. The van der Waals surface area contributed by atoms with Crippen LogP contribution in [0.4, 0.5) is 4.79 Å². The van der Waals surface area contributed by atoms with Crippen LogP contribution in [-0.4, -0.2) is 47.4 Å². The Balaban J connectivity index is 1.37. The number of hydrogen-bond donors (Lipinski definition) is 1. The minimum atomic E-state index is -0.169. The SMILES string of the molecule is COc1ccc(CN(C[C@H]2CCCO2)C(=O)NCc2nc(C3CC3)no2)cc1. The molecule has 2 amide bonds. The molecule has 2 aromatic rings. The highest BCUT2D eigenvalue weighted by Crippen LogP contribution is 2.38. The fourth-order valence-electron chi connectivity index (χ4n) is 3.31. The number of hydrogen-bond acceptors (Lipinski definition) is 6.